The van der Waals surface area contributed by atoms with Crippen LogP contribution in [0, 0.1) is 11.3 Å². The zero-order chi connectivity index (χ0) is 16.8. The lowest BCUT2D eigenvalue weighted by atomic mass is 10.0. The Kier molecular flexibility index (Phi) is 5.55. The molecule has 0 saturated heterocycles. The summed E-state index contributed by atoms with van der Waals surface area (Å²) in [6.07, 6.45) is 8.86. The van der Waals surface area contributed by atoms with E-state index in [4.69, 9.17) is 5.26 Å². The van der Waals surface area contributed by atoms with E-state index in [0.29, 0.717) is 16.8 Å². The minimum Gasteiger partial charge on any atom is -0.338 e. The summed E-state index contributed by atoms with van der Waals surface area (Å²) < 4.78 is 12.6. The molecule has 1 heterocycles. The molecule has 2 aromatic rings. The van der Waals surface area contributed by atoms with Crippen LogP contribution in [-0.2, 0) is 16.6 Å². The van der Waals surface area contributed by atoms with Gasteiger partial charge in [0, 0.05) is 39.9 Å². The number of nitrogens with zero attached hydrogens (tertiary/aromatic N) is 3. The number of rotatable bonds is 5. The second kappa shape index (κ2) is 8.02. The van der Waals surface area contributed by atoms with Gasteiger partial charge in [-0.25, -0.2) is 9.97 Å². The number of aromatic nitrogens is 2. The van der Waals surface area contributed by atoms with E-state index in [2.05, 4.69) is 15.3 Å². The Labute approximate surface area is 144 Å². The maximum atomic E-state index is 12.6. The van der Waals surface area contributed by atoms with Crippen LogP contribution in [0.2, 0.25) is 0 Å². The van der Waals surface area contributed by atoms with Gasteiger partial charge in [-0.3, -0.25) is 4.21 Å². The molecule has 1 aromatic carbocycles. The summed E-state index contributed by atoms with van der Waals surface area (Å²) in [5.74, 6) is 1.01. The zero-order valence-corrected chi connectivity index (χ0v) is 14.3. The van der Waals surface area contributed by atoms with E-state index in [9.17, 15) is 4.21 Å². The summed E-state index contributed by atoms with van der Waals surface area (Å²) >= 11 is 0. The summed E-state index contributed by atoms with van der Waals surface area (Å²) in [6.45, 7) is 0. The fourth-order valence-electron chi connectivity index (χ4n) is 3.00. The van der Waals surface area contributed by atoms with Crippen LogP contribution in [0.3, 0.4) is 0 Å². The van der Waals surface area contributed by atoms with Crippen LogP contribution in [0.1, 0.15) is 43.4 Å². The predicted molar refractivity (Wildman–Crippen MR) is 95.2 cm³/mol. The van der Waals surface area contributed by atoms with E-state index >= 15 is 0 Å². The standard InChI is InChI=1S/C18H20N4OS/c19-12-17-18(21-10-9-20-17)22-15-6-4-5-14(11-15)13-24(23)16-7-2-1-3-8-16/h4-6,9-11,16H,1-3,7-8,13H2,(H,21,22)/t24-/m1/s1. The van der Waals surface area contributed by atoms with Gasteiger partial charge in [0.15, 0.2) is 11.5 Å². The van der Waals surface area contributed by atoms with Crippen molar-refractivity contribution in [3.05, 3.63) is 47.9 Å². The first-order valence-electron chi connectivity index (χ1n) is 8.20. The van der Waals surface area contributed by atoms with Gasteiger partial charge in [-0.1, -0.05) is 31.4 Å². The lowest BCUT2D eigenvalue weighted by Gasteiger charge is -2.21. The average Bonchev–Trinajstić information content (AvgIpc) is 2.63. The van der Waals surface area contributed by atoms with Crippen molar-refractivity contribution < 1.29 is 4.21 Å². The monoisotopic (exact) mass is 340 g/mol. The molecule has 5 nitrogen and oxygen atoms in total. The summed E-state index contributed by atoms with van der Waals surface area (Å²) in [7, 11) is -0.826. The molecule has 1 N–H and O–H groups in total. The molecule has 1 fully saturated rings. The molecule has 6 heteroatoms. The second-order valence-corrected chi connectivity index (χ2v) is 7.69. The van der Waals surface area contributed by atoms with Crippen molar-refractivity contribution in [2.75, 3.05) is 5.32 Å². The first-order valence-corrected chi connectivity index (χ1v) is 9.59. The van der Waals surface area contributed by atoms with Crippen LogP contribution in [0.5, 0.6) is 0 Å². The van der Waals surface area contributed by atoms with Gasteiger partial charge in [0.1, 0.15) is 6.07 Å². The van der Waals surface area contributed by atoms with E-state index in [1.165, 1.54) is 25.5 Å². The molecule has 124 valence electrons. The highest BCUT2D eigenvalue weighted by Crippen LogP contribution is 2.25. The SMILES string of the molecule is N#Cc1nccnc1Nc1cccc(C[S@@](=O)C2CCCCC2)c1. The lowest BCUT2D eigenvalue weighted by molar-refractivity contribution is 0.504. The van der Waals surface area contributed by atoms with Crippen molar-refractivity contribution >= 4 is 22.3 Å². The van der Waals surface area contributed by atoms with Gasteiger partial charge in [0.2, 0.25) is 0 Å². The Balaban J connectivity index is 1.70. The van der Waals surface area contributed by atoms with Crippen molar-refractivity contribution in [2.24, 2.45) is 0 Å². The maximum Gasteiger partial charge on any atom is 0.183 e. The molecule has 0 amide bonds. The highest BCUT2D eigenvalue weighted by atomic mass is 32.2. The fourth-order valence-corrected chi connectivity index (χ4v) is 4.60. The number of anilines is 2. The molecule has 0 bridgehead atoms. The third kappa shape index (κ3) is 4.18. The van der Waals surface area contributed by atoms with Crippen molar-refractivity contribution in [3.8, 4) is 6.07 Å². The van der Waals surface area contributed by atoms with Gasteiger partial charge in [-0.05, 0) is 30.5 Å². The van der Waals surface area contributed by atoms with E-state index < -0.39 is 10.8 Å². The number of nitrogens with one attached hydrogen (secondary N) is 1. The largest absolute Gasteiger partial charge is 0.338 e. The first-order chi connectivity index (χ1) is 11.8. The molecule has 1 saturated carbocycles. The molecule has 1 aliphatic carbocycles. The fraction of sp³-hybridized carbons (Fsp3) is 0.389. The Morgan fingerprint density at radius 1 is 1.21 bits per heavy atom. The molecule has 0 unspecified atom stereocenters. The Morgan fingerprint density at radius 3 is 2.79 bits per heavy atom. The average molecular weight is 340 g/mol. The lowest BCUT2D eigenvalue weighted by Crippen LogP contribution is -2.19. The summed E-state index contributed by atoms with van der Waals surface area (Å²) in [6, 6.07) is 9.82. The highest BCUT2D eigenvalue weighted by Gasteiger charge is 2.19. The van der Waals surface area contributed by atoms with Crippen LogP contribution in [-0.4, -0.2) is 19.4 Å². The van der Waals surface area contributed by atoms with Crippen LogP contribution in [0.4, 0.5) is 11.5 Å². The van der Waals surface area contributed by atoms with Crippen LogP contribution in [0.15, 0.2) is 36.7 Å². The third-order valence-electron chi connectivity index (χ3n) is 4.23. The highest BCUT2D eigenvalue weighted by molar-refractivity contribution is 7.84. The molecule has 24 heavy (non-hydrogen) atoms. The second-order valence-electron chi connectivity index (χ2n) is 5.98. The third-order valence-corrected chi connectivity index (χ3v) is 6.06. The predicted octanol–water partition coefficient (Wildman–Crippen LogP) is 3.67. The topological polar surface area (TPSA) is 78.7 Å². The molecular weight excluding hydrogens is 320 g/mol. The Hall–Kier alpha value is -2.26. The van der Waals surface area contributed by atoms with Gasteiger partial charge in [-0.2, -0.15) is 5.26 Å². The molecule has 3 rings (SSSR count). The van der Waals surface area contributed by atoms with Crippen LogP contribution in [0.25, 0.3) is 0 Å². The summed E-state index contributed by atoms with van der Waals surface area (Å²) in [4.78, 5) is 8.14. The normalized spacial score (nSPS) is 16.3. The Morgan fingerprint density at radius 2 is 2.00 bits per heavy atom. The minimum atomic E-state index is -0.826. The van der Waals surface area contributed by atoms with Crippen molar-refractivity contribution in [1.29, 1.82) is 5.26 Å². The van der Waals surface area contributed by atoms with Gasteiger partial charge in [0.25, 0.3) is 0 Å². The Bertz CT molecular complexity index is 766. The van der Waals surface area contributed by atoms with E-state index in [1.807, 2.05) is 30.3 Å². The molecule has 0 spiro atoms. The smallest absolute Gasteiger partial charge is 0.183 e. The van der Waals surface area contributed by atoms with Gasteiger partial charge in [-0.15, -0.1) is 0 Å². The molecule has 1 atom stereocenters. The maximum absolute atomic E-state index is 12.6. The molecule has 0 aliphatic heterocycles. The first kappa shape index (κ1) is 16.6. The number of hydrogen-bond acceptors (Lipinski definition) is 5. The van der Waals surface area contributed by atoms with E-state index in [-0.39, 0.29) is 5.69 Å². The van der Waals surface area contributed by atoms with Gasteiger partial charge in [0.05, 0.1) is 0 Å². The summed E-state index contributed by atoms with van der Waals surface area (Å²) in [5.41, 5.74) is 2.12. The quantitative estimate of drug-likeness (QED) is 0.898. The van der Waals surface area contributed by atoms with Crippen LogP contribution >= 0.6 is 0 Å². The summed E-state index contributed by atoms with van der Waals surface area (Å²) in [5, 5.41) is 12.5. The number of benzene rings is 1. The molecular formula is C18H20N4OS. The zero-order valence-electron chi connectivity index (χ0n) is 13.4. The van der Waals surface area contributed by atoms with Crippen molar-refractivity contribution in [1.82, 2.24) is 9.97 Å². The molecule has 1 aliphatic rings. The molecule has 1 aromatic heterocycles. The van der Waals surface area contributed by atoms with E-state index in [0.717, 1.165) is 24.1 Å². The number of hydrogen-bond donors (Lipinski definition) is 1. The van der Waals surface area contributed by atoms with Gasteiger partial charge >= 0.3 is 0 Å². The minimum absolute atomic E-state index is 0.258. The van der Waals surface area contributed by atoms with E-state index in [1.54, 1.807) is 6.20 Å². The molecule has 0 radical (unpaired) electrons. The van der Waals surface area contributed by atoms with Gasteiger partial charge < -0.3 is 5.32 Å². The van der Waals surface area contributed by atoms with Crippen molar-refractivity contribution in [2.45, 2.75) is 43.1 Å². The number of nitriles is 1. The van der Waals surface area contributed by atoms with Crippen molar-refractivity contribution in [3.63, 3.8) is 0 Å². The van der Waals surface area contributed by atoms with Crippen LogP contribution < -0.4 is 5.32 Å².